The Morgan fingerprint density at radius 2 is 1.14 bits per heavy atom. The molecule has 0 fully saturated rings. The van der Waals surface area contributed by atoms with E-state index in [1.165, 1.54) is 44.6 Å². The van der Waals surface area contributed by atoms with Crippen LogP contribution in [0.25, 0.3) is 106 Å². The van der Waals surface area contributed by atoms with Crippen LogP contribution in [0.15, 0.2) is 211 Å². The summed E-state index contributed by atoms with van der Waals surface area (Å²) in [5.41, 5.74) is 18.5. The van der Waals surface area contributed by atoms with Crippen LogP contribution in [-0.2, 0) is 20.1 Å². The Morgan fingerprint density at radius 3 is 1.72 bits per heavy atom. The normalized spacial score (nSPS) is 12.3. The molecule has 0 saturated heterocycles. The average molecular weight is 1180 g/mol. The van der Waals surface area contributed by atoms with Crippen molar-refractivity contribution in [3.8, 4) is 73.0 Å². The summed E-state index contributed by atoms with van der Waals surface area (Å²) in [6, 6.07) is 75.4. The van der Waals surface area contributed by atoms with Gasteiger partial charge in [0.05, 0.1) is 30.7 Å². The first kappa shape index (κ1) is 47.9. The Hall–Kier alpha value is -7.80. The third-order valence-corrected chi connectivity index (χ3v) is 16.0. The molecule has 4 aromatic heterocycles. The Kier molecular flexibility index (Phi) is 13.7. The predicted molar refractivity (Wildman–Crippen MR) is 317 cm³/mol. The molecule has 377 valence electrons. The van der Waals surface area contributed by atoms with Crippen LogP contribution >= 0.6 is 0 Å². The Morgan fingerprint density at radius 1 is 0.553 bits per heavy atom. The molecule has 4 heterocycles. The number of aromatic nitrogens is 4. The zero-order valence-corrected chi connectivity index (χ0v) is 47.2. The van der Waals surface area contributed by atoms with Crippen molar-refractivity contribution >= 4 is 46.4 Å². The molecule has 0 atom stereocenters. The molecular weight excluding hydrogens is 1120 g/mol. The quantitative estimate of drug-likeness (QED) is 0.101. The van der Waals surface area contributed by atoms with Gasteiger partial charge in [0.1, 0.15) is 5.58 Å². The number of pyridine rings is 2. The van der Waals surface area contributed by atoms with Gasteiger partial charge in [-0.1, -0.05) is 205 Å². The Balaban J connectivity index is 0.000000284. The van der Waals surface area contributed by atoms with E-state index in [-0.39, 0.29) is 31.9 Å². The van der Waals surface area contributed by atoms with E-state index in [9.17, 15) is 0 Å². The van der Waals surface area contributed by atoms with Gasteiger partial charge in [-0.2, -0.15) is 0 Å². The van der Waals surface area contributed by atoms with Crippen LogP contribution in [0.3, 0.4) is 0 Å². The molecule has 5 nitrogen and oxygen atoms in total. The fourth-order valence-corrected chi connectivity index (χ4v) is 10.9. The number of rotatable bonds is 10. The zero-order valence-electron chi connectivity index (χ0n) is 46.8. The van der Waals surface area contributed by atoms with Gasteiger partial charge in [-0.15, -0.1) is 53.6 Å². The van der Waals surface area contributed by atoms with Crippen molar-refractivity contribution in [3.63, 3.8) is 0 Å². The van der Waals surface area contributed by atoms with Gasteiger partial charge in [-0.25, -0.2) is 4.98 Å². The van der Waals surface area contributed by atoms with Gasteiger partial charge in [0.2, 0.25) is 0 Å². The number of fused-ring (bicyclic) bond motifs is 4. The molecule has 0 amide bonds. The van der Waals surface area contributed by atoms with Gasteiger partial charge < -0.3 is 14.0 Å². The molecule has 12 rings (SSSR count). The van der Waals surface area contributed by atoms with E-state index >= 15 is 0 Å². The number of imidazole rings is 1. The molecule has 1 radical (unpaired) electrons. The maximum absolute atomic E-state index is 7.35. The van der Waals surface area contributed by atoms with Crippen LogP contribution in [0, 0.1) is 19.0 Å². The fraction of sp³-hybridized carbons (Fsp3) is 0.145. The summed E-state index contributed by atoms with van der Waals surface area (Å²) in [6.07, 6.45) is 1.92. The fourth-order valence-electron chi connectivity index (χ4n) is 9.88. The van der Waals surface area contributed by atoms with E-state index in [4.69, 9.17) is 18.5 Å². The molecule has 12 aromatic rings. The van der Waals surface area contributed by atoms with Crippen molar-refractivity contribution in [3.05, 3.63) is 235 Å². The van der Waals surface area contributed by atoms with E-state index in [1.807, 2.05) is 30.5 Å². The van der Waals surface area contributed by atoms with Gasteiger partial charge in [0.25, 0.3) is 0 Å². The van der Waals surface area contributed by atoms with Crippen molar-refractivity contribution in [1.82, 2.24) is 19.5 Å². The summed E-state index contributed by atoms with van der Waals surface area (Å²) in [5, 5.41) is 3.39. The smallest absolute Gasteiger partial charge is 0.156 e. The summed E-state index contributed by atoms with van der Waals surface area (Å²) in [7, 11) is -1.34. The summed E-state index contributed by atoms with van der Waals surface area (Å²) in [6.45, 7) is 13.9. The van der Waals surface area contributed by atoms with Gasteiger partial charge in [-0.05, 0) is 97.6 Å². The van der Waals surface area contributed by atoms with E-state index in [0.717, 1.165) is 83.8 Å². The summed E-state index contributed by atoms with van der Waals surface area (Å²) in [5.74, 6) is 1.18. The maximum Gasteiger partial charge on any atom is 0.156 e. The van der Waals surface area contributed by atoms with E-state index in [1.54, 1.807) is 12.1 Å². The number of nitrogens with zero attached hydrogens (tertiary/aromatic N) is 4. The Labute approximate surface area is 466 Å². The Bertz CT molecular complexity index is 3990. The molecule has 0 bridgehead atoms. The van der Waals surface area contributed by atoms with Crippen LogP contribution in [0.5, 0.6) is 0 Å². The van der Waals surface area contributed by atoms with Gasteiger partial charge in [-0.3, -0.25) is 4.98 Å². The second kappa shape index (κ2) is 21.8. The van der Waals surface area contributed by atoms with Crippen molar-refractivity contribution < 1.29 is 28.6 Å². The summed E-state index contributed by atoms with van der Waals surface area (Å²) >= 11 is 0. The van der Waals surface area contributed by atoms with E-state index in [0.29, 0.717) is 5.56 Å². The standard InChI is InChI=1S/C54H42N3O.C15H18NSi.Ir/c1-34(2)46-31-42(37-17-10-6-11-18-37)32-47(35(3)4)51(46)57-53(56-49-30-29-48(55-54(49)57)40-19-12-7-13-20-40)45-22-14-21-44-43-28-27-41(33-50(43)58-52(44)45)39-25-23-38(24-26-39)36-15-8-5-9-16-36;1-12-5-7-13(8-6-12)15-10-9-14(11-16-15)17(2,3)4;/h5-21,23-35H,1-4H3;5-7,9-11H,1-4H3;/q2*-1;/i;1D3;. The molecule has 8 aromatic carbocycles. The molecule has 0 aliphatic rings. The topological polar surface area (TPSA) is 56.7 Å². The van der Waals surface area contributed by atoms with E-state index in [2.05, 4.69) is 227 Å². The number of benzene rings is 8. The van der Waals surface area contributed by atoms with E-state index < -0.39 is 14.9 Å². The molecule has 7 heteroatoms. The first-order chi connectivity index (χ1) is 37.6. The maximum atomic E-state index is 7.35. The van der Waals surface area contributed by atoms with Crippen LogP contribution in [0.4, 0.5) is 0 Å². The number of hydrogen-bond acceptors (Lipinski definition) is 4. The van der Waals surface area contributed by atoms with Gasteiger partial charge in [0.15, 0.2) is 5.65 Å². The first-order valence-electron chi connectivity index (χ1n) is 27.3. The minimum atomic E-state index is -2.08. The molecule has 76 heavy (non-hydrogen) atoms. The minimum Gasteiger partial charge on any atom is -0.501 e. The second-order valence-electron chi connectivity index (χ2n) is 20.9. The van der Waals surface area contributed by atoms with Crippen LogP contribution < -0.4 is 5.19 Å². The van der Waals surface area contributed by atoms with Crippen molar-refractivity contribution in [2.75, 3.05) is 0 Å². The molecule has 0 aliphatic heterocycles. The molecule has 0 N–H and O–H groups in total. The van der Waals surface area contributed by atoms with Crippen LogP contribution in [0.2, 0.25) is 19.6 Å². The first-order valence-corrected chi connectivity index (χ1v) is 29.3. The third kappa shape index (κ3) is 10.4. The third-order valence-electron chi connectivity index (χ3n) is 14.0. The van der Waals surface area contributed by atoms with Crippen molar-refractivity contribution in [2.24, 2.45) is 0 Å². The van der Waals surface area contributed by atoms with Gasteiger partial charge >= 0.3 is 0 Å². The number of hydrogen-bond donors (Lipinski definition) is 0. The molecule has 0 saturated carbocycles. The molecule has 0 spiro atoms. The molecule has 0 unspecified atom stereocenters. The summed E-state index contributed by atoms with van der Waals surface area (Å²) in [4.78, 5) is 15.3. The molecular formula is C69H60IrN4OSi-2. The predicted octanol–water partition coefficient (Wildman–Crippen LogP) is 18.1. The van der Waals surface area contributed by atoms with Crippen LogP contribution in [-0.4, -0.2) is 27.6 Å². The monoisotopic (exact) mass is 1180 g/mol. The average Bonchev–Trinajstić information content (AvgIpc) is 4.28. The van der Waals surface area contributed by atoms with Crippen LogP contribution in [0.1, 0.15) is 60.3 Å². The largest absolute Gasteiger partial charge is 0.501 e. The van der Waals surface area contributed by atoms with Gasteiger partial charge in [0, 0.05) is 47.1 Å². The van der Waals surface area contributed by atoms with Crippen molar-refractivity contribution in [2.45, 2.75) is 66.0 Å². The molecule has 0 aliphatic carbocycles. The minimum absolute atomic E-state index is 0. The number of aryl methyl sites for hydroxylation is 1. The number of furan rings is 1. The zero-order chi connectivity index (χ0) is 54.3. The second-order valence-corrected chi connectivity index (χ2v) is 26.0. The SMILES string of the molecule is CC(C)c1cc(-c2ccccc2)cc(C(C)C)c1-n1c(-c2[c-]ccc3c2oc2cc(-c4ccc(-c5ccccc5)cc4)ccc23)nc2ccc(-c3ccccc3)nc21.[2H]C([2H])([2H])c1c[c-]c(-c2ccc([Si](C)(C)C)cn2)cc1.[Ir]. The van der Waals surface area contributed by atoms with Crippen molar-refractivity contribution in [1.29, 1.82) is 0 Å². The summed E-state index contributed by atoms with van der Waals surface area (Å²) < 4.78 is 31.2.